The second-order valence-electron chi connectivity index (χ2n) is 4.99. The SMILES string of the molecule is O=C(O)C1CCN(S(=O)(=O)c2cc(Cl)ccc2OC(F)F)CC1. The van der Waals surface area contributed by atoms with Gasteiger partial charge in [0.25, 0.3) is 0 Å². The number of nitrogens with zero attached hydrogens (tertiary/aromatic N) is 1. The zero-order valence-electron chi connectivity index (χ0n) is 11.8. The zero-order chi connectivity index (χ0) is 17.2. The molecule has 0 radical (unpaired) electrons. The van der Waals surface area contributed by atoms with Gasteiger partial charge in [-0.15, -0.1) is 0 Å². The molecule has 0 aliphatic carbocycles. The van der Waals surface area contributed by atoms with E-state index < -0.39 is 39.2 Å². The maximum absolute atomic E-state index is 12.6. The summed E-state index contributed by atoms with van der Waals surface area (Å²) in [5, 5.41) is 9.00. The highest BCUT2D eigenvalue weighted by molar-refractivity contribution is 7.89. The van der Waals surface area contributed by atoms with Gasteiger partial charge in [-0.3, -0.25) is 4.79 Å². The number of carboxylic acid groups (broad SMARTS) is 1. The number of piperidine rings is 1. The van der Waals surface area contributed by atoms with E-state index in [4.69, 9.17) is 16.7 Å². The van der Waals surface area contributed by atoms with Gasteiger partial charge in [-0.05, 0) is 31.0 Å². The van der Waals surface area contributed by atoms with Gasteiger partial charge in [0, 0.05) is 18.1 Å². The molecule has 0 amide bonds. The Morgan fingerprint density at radius 3 is 2.48 bits per heavy atom. The maximum Gasteiger partial charge on any atom is 0.387 e. The molecular formula is C13H14ClF2NO5S. The fraction of sp³-hybridized carbons (Fsp3) is 0.462. The van der Waals surface area contributed by atoms with Crippen LogP contribution in [-0.2, 0) is 14.8 Å². The van der Waals surface area contributed by atoms with E-state index in [1.54, 1.807) is 0 Å². The summed E-state index contributed by atoms with van der Waals surface area (Å²) in [5.41, 5.74) is 0. The van der Waals surface area contributed by atoms with Gasteiger partial charge < -0.3 is 9.84 Å². The molecule has 1 heterocycles. The Bertz CT molecular complexity index is 690. The highest BCUT2D eigenvalue weighted by Gasteiger charge is 2.34. The van der Waals surface area contributed by atoms with Crippen LogP contribution in [0.25, 0.3) is 0 Å². The minimum Gasteiger partial charge on any atom is -0.481 e. The summed E-state index contributed by atoms with van der Waals surface area (Å²) in [6.45, 7) is -3.21. The van der Waals surface area contributed by atoms with Crippen molar-refractivity contribution in [1.82, 2.24) is 4.31 Å². The molecule has 2 rings (SSSR count). The number of carbonyl (C=O) groups is 1. The Kier molecular flexibility index (Phi) is 5.43. The molecule has 10 heteroatoms. The number of hydrogen-bond donors (Lipinski definition) is 1. The molecule has 0 atom stereocenters. The molecule has 1 aromatic rings. The molecular weight excluding hydrogens is 356 g/mol. The number of ether oxygens (including phenoxy) is 1. The standard InChI is InChI=1S/C13H14ClF2NO5S/c14-9-1-2-10(22-13(15)16)11(7-9)23(20,21)17-5-3-8(4-6-17)12(18)19/h1-2,7-8,13H,3-6H2,(H,18,19). The van der Waals surface area contributed by atoms with Gasteiger partial charge in [0.05, 0.1) is 5.92 Å². The summed E-state index contributed by atoms with van der Waals surface area (Å²) in [6.07, 6.45) is 0.306. The van der Waals surface area contributed by atoms with E-state index in [0.29, 0.717) is 0 Å². The Balaban J connectivity index is 2.29. The second kappa shape index (κ2) is 6.98. The van der Waals surface area contributed by atoms with Gasteiger partial charge in [-0.2, -0.15) is 13.1 Å². The van der Waals surface area contributed by atoms with Crippen molar-refractivity contribution in [3.05, 3.63) is 23.2 Å². The third-order valence-corrected chi connectivity index (χ3v) is 5.70. The van der Waals surface area contributed by atoms with Crippen LogP contribution in [0.4, 0.5) is 8.78 Å². The molecule has 1 aliphatic heterocycles. The number of carboxylic acids is 1. The van der Waals surface area contributed by atoms with Gasteiger partial charge in [0.15, 0.2) is 0 Å². The first-order chi connectivity index (χ1) is 10.7. The van der Waals surface area contributed by atoms with Crippen molar-refractivity contribution in [3.63, 3.8) is 0 Å². The van der Waals surface area contributed by atoms with Gasteiger partial charge in [-0.25, -0.2) is 8.42 Å². The van der Waals surface area contributed by atoms with Gasteiger partial charge in [-0.1, -0.05) is 11.6 Å². The molecule has 0 unspecified atom stereocenters. The van der Waals surface area contributed by atoms with Crippen LogP contribution in [0.1, 0.15) is 12.8 Å². The van der Waals surface area contributed by atoms with Gasteiger partial charge in [0.1, 0.15) is 10.6 Å². The molecule has 1 aromatic carbocycles. The minimum absolute atomic E-state index is 0.0140. The molecule has 0 saturated carbocycles. The van der Waals surface area contributed by atoms with Crippen molar-refractivity contribution in [2.24, 2.45) is 5.92 Å². The number of rotatable bonds is 5. The number of alkyl halides is 2. The van der Waals surface area contributed by atoms with Crippen molar-refractivity contribution < 1.29 is 31.8 Å². The third-order valence-electron chi connectivity index (χ3n) is 3.54. The third kappa shape index (κ3) is 4.10. The summed E-state index contributed by atoms with van der Waals surface area (Å²) in [4.78, 5) is 10.5. The smallest absolute Gasteiger partial charge is 0.387 e. The Morgan fingerprint density at radius 1 is 1.35 bits per heavy atom. The van der Waals surface area contributed by atoms with E-state index in [-0.39, 0.29) is 31.0 Å². The van der Waals surface area contributed by atoms with Crippen LogP contribution in [0.15, 0.2) is 23.1 Å². The lowest BCUT2D eigenvalue weighted by Crippen LogP contribution is -2.40. The molecule has 1 N–H and O–H groups in total. The molecule has 1 aliphatic rings. The van der Waals surface area contributed by atoms with Crippen LogP contribution >= 0.6 is 11.6 Å². The fourth-order valence-electron chi connectivity index (χ4n) is 2.36. The lowest BCUT2D eigenvalue weighted by Gasteiger charge is -2.29. The molecule has 0 bridgehead atoms. The highest BCUT2D eigenvalue weighted by atomic mass is 35.5. The molecule has 1 fully saturated rings. The van der Waals surface area contributed by atoms with E-state index in [0.717, 1.165) is 16.4 Å². The first-order valence-electron chi connectivity index (χ1n) is 6.69. The van der Waals surface area contributed by atoms with E-state index >= 15 is 0 Å². The summed E-state index contributed by atoms with van der Waals surface area (Å²) in [7, 11) is -4.11. The molecule has 128 valence electrons. The maximum atomic E-state index is 12.6. The van der Waals surface area contributed by atoms with Crippen molar-refractivity contribution >= 4 is 27.6 Å². The van der Waals surface area contributed by atoms with Gasteiger partial charge >= 0.3 is 12.6 Å². The van der Waals surface area contributed by atoms with Crippen LogP contribution in [0, 0.1) is 5.92 Å². The predicted molar refractivity (Wildman–Crippen MR) is 77.2 cm³/mol. The Labute approximate surface area is 136 Å². The number of halogens is 3. The van der Waals surface area contributed by atoms with Crippen LogP contribution in [0.5, 0.6) is 5.75 Å². The Morgan fingerprint density at radius 2 is 1.96 bits per heavy atom. The average molecular weight is 370 g/mol. The minimum atomic E-state index is -4.11. The summed E-state index contributed by atoms with van der Waals surface area (Å²) in [6, 6.07) is 3.35. The van der Waals surface area contributed by atoms with Crippen LogP contribution < -0.4 is 4.74 Å². The Hall–Kier alpha value is -1.45. The summed E-state index contributed by atoms with van der Waals surface area (Å²) < 4.78 is 55.4. The van der Waals surface area contributed by atoms with Crippen molar-refractivity contribution in [2.45, 2.75) is 24.3 Å². The van der Waals surface area contributed by atoms with Crippen molar-refractivity contribution in [2.75, 3.05) is 13.1 Å². The number of sulfonamides is 1. The number of aliphatic carboxylic acids is 1. The summed E-state index contributed by atoms with van der Waals surface area (Å²) in [5.74, 6) is -2.09. The largest absolute Gasteiger partial charge is 0.481 e. The zero-order valence-corrected chi connectivity index (χ0v) is 13.4. The normalized spacial score (nSPS) is 17.4. The lowest BCUT2D eigenvalue weighted by atomic mass is 9.99. The molecule has 23 heavy (non-hydrogen) atoms. The fourth-order valence-corrected chi connectivity index (χ4v) is 4.21. The highest BCUT2D eigenvalue weighted by Crippen LogP contribution is 2.32. The molecule has 6 nitrogen and oxygen atoms in total. The molecule has 1 saturated heterocycles. The number of benzene rings is 1. The molecule has 0 spiro atoms. The van der Waals surface area contributed by atoms with Gasteiger partial charge in [0.2, 0.25) is 10.0 Å². The van der Waals surface area contributed by atoms with E-state index in [2.05, 4.69) is 4.74 Å². The van der Waals surface area contributed by atoms with Crippen LogP contribution in [0.2, 0.25) is 5.02 Å². The number of hydrogen-bond acceptors (Lipinski definition) is 4. The predicted octanol–water partition coefficient (Wildman–Crippen LogP) is 2.43. The van der Waals surface area contributed by atoms with Crippen molar-refractivity contribution in [1.29, 1.82) is 0 Å². The summed E-state index contributed by atoms with van der Waals surface area (Å²) >= 11 is 5.76. The van der Waals surface area contributed by atoms with E-state index in [9.17, 15) is 22.0 Å². The quantitative estimate of drug-likeness (QED) is 0.861. The monoisotopic (exact) mass is 369 g/mol. The van der Waals surface area contributed by atoms with Crippen molar-refractivity contribution in [3.8, 4) is 5.75 Å². The topological polar surface area (TPSA) is 83.9 Å². The first-order valence-corrected chi connectivity index (χ1v) is 8.51. The first kappa shape index (κ1) is 17.9. The lowest BCUT2D eigenvalue weighted by molar-refractivity contribution is -0.142. The van der Waals surface area contributed by atoms with E-state index in [1.807, 2.05) is 0 Å². The van der Waals surface area contributed by atoms with Crippen LogP contribution in [0.3, 0.4) is 0 Å². The average Bonchev–Trinajstić information content (AvgIpc) is 2.48. The second-order valence-corrected chi connectivity index (χ2v) is 7.33. The van der Waals surface area contributed by atoms with E-state index in [1.165, 1.54) is 6.07 Å². The molecule has 0 aromatic heterocycles. The van der Waals surface area contributed by atoms with Crippen LogP contribution in [-0.4, -0.2) is 43.5 Å².